The van der Waals surface area contributed by atoms with Gasteiger partial charge in [-0.1, -0.05) is 23.2 Å². The van der Waals surface area contributed by atoms with Crippen LogP contribution in [0.5, 0.6) is 5.75 Å². The van der Waals surface area contributed by atoms with E-state index in [2.05, 4.69) is 4.72 Å². The summed E-state index contributed by atoms with van der Waals surface area (Å²) in [5, 5.41) is 0.435. The molecule has 0 fully saturated rings. The average Bonchev–Trinajstić information content (AvgIpc) is 2.43. The Kier molecular flexibility index (Phi) is 4.51. The molecule has 3 N–H and O–H groups in total. The summed E-state index contributed by atoms with van der Waals surface area (Å²) in [6.45, 7) is 0. The predicted molar refractivity (Wildman–Crippen MR) is 84.7 cm³/mol. The summed E-state index contributed by atoms with van der Waals surface area (Å²) in [5.74, 6) is 0.318. The number of nitrogens with two attached hydrogens (primary N) is 1. The Bertz CT molecular complexity index is 779. The number of nitrogen functional groups attached to an aromatic ring is 1. The second kappa shape index (κ2) is 6.01. The molecule has 0 radical (unpaired) electrons. The Morgan fingerprint density at radius 1 is 1.10 bits per heavy atom. The van der Waals surface area contributed by atoms with E-state index in [4.69, 9.17) is 33.7 Å². The molecule has 0 bridgehead atoms. The zero-order valence-electron chi connectivity index (χ0n) is 10.9. The molecule has 0 unspecified atom stereocenters. The molecule has 0 saturated heterocycles. The van der Waals surface area contributed by atoms with E-state index < -0.39 is 10.0 Å². The van der Waals surface area contributed by atoms with Gasteiger partial charge in [-0.2, -0.15) is 0 Å². The molecule has 5 nitrogen and oxygen atoms in total. The van der Waals surface area contributed by atoms with E-state index in [-0.39, 0.29) is 20.6 Å². The Labute approximate surface area is 132 Å². The Morgan fingerprint density at radius 3 is 2.43 bits per heavy atom. The van der Waals surface area contributed by atoms with Crippen molar-refractivity contribution in [2.75, 3.05) is 17.6 Å². The van der Waals surface area contributed by atoms with Crippen LogP contribution < -0.4 is 15.2 Å². The molecular formula is C13H12Cl2N2O3S. The molecule has 0 aliphatic heterocycles. The van der Waals surface area contributed by atoms with Gasteiger partial charge < -0.3 is 10.5 Å². The summed E-state index contributed by atoms with van der Waals surface area (Å²) in [6.07, 6.45) is 0. The lowest BCUT2D eigenvalue weighted by molar-refractivity contribution is 0.417. The van der Waals surface area contributed by atoms with Crippen molar-refractivity contribution < 1.29 is 13.2 Å². The topological polar surface area (TPSA) is 81.4 Å². The van der Waals surface area contributed by atoms with Crippen LogP contribution in [-0.2, 0) is 10.0 Å². The maximum absolute atomic E-state index is 12.3. The standard InChI is InChI=1S/C13H12Cl2N2O3S/c1-20-13-6-8(16)2-5-12(13)17-21(18,19)9-3-4-10(14)11(15)7-9/h2-7,17H,16H2,1H3. The molecule has 0 saturated carbocycles. The van der Waals surface area contributed by atoms with Gasteiger partial charge in [0.25, 0.3) is 10.0 Å². The highest BCUT2D eigenvalue weighted by Crippen LogP contribution is 2.30. The summed E-state index contributed by atoms with van der Waals surface area (Å²) in [5.41, 5.74) is 6.36. The van der Waals surface area contributed by atoms with Gasteiger partial charge in [0.05, 0.1) is 27.7 Å². The number of sulfonamides is 1. The first-order chi connectivity index (χ1) is 9.83. The average molecular weight is 347 g/mol. The Balaban J connectivity index is 2.39. The molecule has 112 valence electrons. The molecule has 0 spiro atoms. The van der Waals surface area contributed by atoms with Crippen molar-refractivity contribution in [1.82, 2.24) is 0 Å². The number of ether oxygens (including phenoxy) is 1. The number of hydrogen-bond donors (Lipinski definition) is 2. The highest BCUT2D eigenvalue weighted by atomic mass is 35.5. The molecule has 0 amide bonds. The smallest absolute Gasteiger partial charge is 0.262 e. The number of methoxy groups -OCH3 is 1. The van der Waals surface area contributed by atoms with E-state index in [1.54, 1.807) is 6.07 Å². The van der Waals surface area contributed by atoms with Crippen molar-refractivity contribution in [3.63, 3.8) is 0 Å². The first-order valence-corrected chi connectivity index (χ1v) is 7.99. The number of nitrogens with one attached hydrogen (secondary N) is 1. The molecule has 0 heterocycles. The van der Waals surface area contributed by atoms with E-state index in [9.17, 15) is 8.42 Å². The number of benzene rings is 2. The summed E-state index contributed by atoms with van der Waals surface area (Å²) < 4.78 is 32.2. The number of hydrogen-bond acceptors (Lipinski definition) is 4. The second-order valence-electron chi connectivity index (χ2n) is 4.14. The van der Waals surface area contributed by atoms with Crippen LogP contribution in [0.2, 0.25) is 10.0 Å². The van der Waals surface area contributed by atoms with Crippen molar-refractivity contribution in [2.24, 2.45) is 0 Å². The lowest BCUT2D eigenvalue weighted by Crippen LogP contribution is -2.13. The molecule has 2 rings (SSSR count). The maximum atomic E-state index is 12.3. The Hall–Kier alpha value is -1.63. The van der Waals surface area contributed by atoms with Crippen molar-refractivity contribution in [2.45, 2.75) is 4.90 Å². The molecule has 2 aromatic carbocycles. The Morgan fingerprint density at radius 2 is 1.81 bits per heavy atom. The summed E-state index contributed by atoms with van der Waals surface area (Å²) in [6, 6.07) is 8.65. The van der Waals surface area contributed by atoms with Gasteiger partial charge in [0.15, 0.2) is 0 Å². The minimum atomic E-state index is -3.81. The minimum Gasteiger partial charge on any atom is -0.494 e. The van der Waals surface area contributed by atoms with Gasteiger partial charge in [0, 0.05) is 11.8 Å². The van der Waals surface area contributed by atoms with Crippen LogP contribution in [0.1, 0.15) is 0 Å². The van der Waals surface area contributed by atoms with Crippen molar-refractivity contribution in [3.8, 4) is 5.75 Å². The lowest BCUT2D eigenvalue weighted by atomic mass is 10.2. The zero-order valence-corrected chi connectivity index (χ0v) is 13.3. The van der Waals surface area contributed by atoms with E-state index in [1.807, 2.05) is 0 Å². The van der Waals surface area contributed by atoms with Gasteiger partial charge in [-0.3, -0.25) is 4.72 Å². The number of rotatable bonds is 4. The van der Waals surface area contributed by atoms with Crippen LogP contribution >= 0.6 is 23.2 Å². The van der Waals surface area contributed by atoms with Crippen LogP contribution in [0, 0.1) is 0 Å². The van der Waals surface area contributed by atoms with Crippen LogP contribution in [0.15, 0.2) is 41.3 Å². The van der Waals surface area contributed by atoms with E-state index in [0.29, 0.717) is 11.4 Å². The van der Waals surface area contributed by atoms with Crippen LogP contribution in [0.3, 0.4) is 0 Å². The first-order valence-electron chi connectivity index (χ1n) is 5.75. The number of halogens is 2. The van der Waals surface area contributed by atoms with Crippen molar-refractivity contribution in [1.29, 1.82) is 0 Å². The predicted octanol–water partition coefficient (Wildman–Crippen LogP) is 3.39. The quantitative estimate of drug-likeness (QED) is 0.831. The maximum Gasteiger partial charge on any atom is 0.262 e. The highest BCUT2D eigenvalue weighted by molar-refractivity contribution is 7.92. The third kappa shape index (κ3) is 3.53. The normalized spacial score (nSPS) is 11.2. The molecular weight excluding hydrogens is 335 g/mol. The summed E-state index contributed by atoms with van der Waals surface area (Å²) >= 11 is 11.6. The van der Waals surface area contributed by atoms with Crippen LogP contribution in [0.25, 0.3) is 0 Å². The third-order valence-electron chi connectivity index (χ3n) is 2.67. The van der Waals surface area contributed by atoms with Crippen LogP contribution in [0.4, 0.5) is 11.4 Å². The highest BCUT2D eigenvalue weighted by Gasteiger charge is 2.17. The van der Waals surface area contributed by atoms with Gasteiger partial charge in [-0.05, 0) is 30.3 Å². The molecule has 0 aliphatic carbocycles. The monoisotopic (exact) mass is 346 g/mol. The molecule has 0 aromatic heterocycles. The molecule has 0 atom stereocenters. The minimum absolute atomic E-state index is 0.00391. The molecule has 21 heavy (non-hydrogen) atoms. The van der Waals surface area contributed by atoms with E-state index in [0.717, 1.165) is 0 Å². The number of anilines is 2. The van der Waals surface area contributed by atoms with Gasteiger partial charge >= 0.3 is 0 Å². The van der Waals surface area contributed by atoms with Crippen molar-refractivity contribution in [3.05, 3.63) is 46.4 Å². The van der Waals surface area contributed by atoms with Crippen LogP contribution in [-0.4, -0.2) is 15.5 Å². The fourth-order valence-corrected chi connectivity index (χ4v) is 3.10. The van der Waals surface area contributed by atoms with Gasteiger partial charge in [0.1, 0.15) is 5.75 Å². The van der Waals surface area contributed by atoms with E-state index >= 15 is 0 Å². The van der Waals surface area contributed by atoms with Gasteiger partial charge in [-0.15, -0.1) is 0 Å². The molecule has 8 heteroatoms. The van der Waals surface area contributed by atoms with Gasteiger partial charge in [-0.25, -0.2) is 8.42 Å². The fraction of sp³-hybridized carbons (Fsp3) is 0.0769. The second-order valence-corrected chi connectivity index (χ2v) is 6.64. The van der Waals surface area contributed by atoms with Gasteiger partial charge in [0.2, 0.25) is 0 Å². The molecule has 0 aliphatic rings. The largest absolute Gasteiger partial charge is 0.494 e. The summed E-state index contributed by atoms with van der Waals surface area (Å²) in [7, 11) is -2.39. The lowest BCUT2D eigenvalue weighted by Gasteiger charge is -2.12. The third-order valence-corrected chi connectivity index (χ3v) is 4.77. The fourth-order valence-electron chi connectivity index (χ4n) is 1.64. The molecule has 2 aromatic rings. The summed E-state index contributed by atoms with van der Waals surface area (Å²) in [4.78, 5) is -0.00391. The SMILES string of the molecule is COc1cc(N)ccc1NS(=O)(=O)c1ccc(Cl)c(Cl)c1. The van der Waals surface area contributed by atoms with Crippen molar-refractivity contribution >= 4 is 44.6 Å². The zero-order chi connectivity index (χ0) is 15.6. The first kappa shape index (κ1) is 15.8. The van der Waals surface area contributed by atoms with E-state index in [1.165, 1.54) is 37.4 Å².